The minimum absolute atomic E-state index is 0.0618. The molecule has 6 rings (SSSR count). The predicted molar refractivity (Wildman–Crippen MR) is 135 cm³/mol. The summed E-state index contributed by atoms with van der Waals surface area (Å²) in [5, 5.41) is 0. The van der Waals surface area contributed by atoms with Crippen molar-refractivity contribution in [1.82, 2.24) is 0 Å². The molecule has 33 heavy (non-hydrogen) atoms. The van der Waals surface area contributed by atoms with Gasteiger partial charge in [0.1, 0.15) is 6.61 Å². The van der Waals surface area contributed by atoms with Gasteiger partial charge in [0, 0.05) is 9.89 Å². The maximum absolute atomic E-state index is 13.6. The van der Waals surface area contributed by atoms with Crippen LogP contribution in [0, 0.1) is 5.92 Å². The summed E-state index contributed by atoms with van der Waals surface area (Å²) in [6.07, 6.45) is 7.03. The molecule has 1 spiro atoms. The predicted octanol–water partition coefficient (Wildman–Crippen LogP) is 7.70. The normalized spacial score (nSPS) is 24.2. The second kappa shape index (κ2) is 7.84. The Labute approximate surface area is 204 Å². The molecule has 168 valence electrons. The summed E-state index contributed by atoms with van der Waals surface area (Å²) in [5.74, 6) is 0.208. The van der Waals surface area contributed by atoms with E-state index in [1.807, 2.05) is 30.3 Å². The van der Waals surface area contributed by atoms with Crippen LogP contribution in [-0.2, 0) is 27.0 Å². The quantitative estimate of drug-likeness (QED) is 0.343. The average molecular weight is 501 g/mol. The van der Waals surface area contributed by atoms with E-state index in [-0.39, 0.29) is 17.3 Å². The van der Waals surface area contributed by atoms with Gasteiger partial charge in [0.05, 0.1) is 5.41 Å². The van der Waals surface area contributed by atoms with Gasteiger partial charge in [-0.05, 0) is 64.6 Å². The number of rotatable bonds is 4. The fourth-order valence-electron chi connectivity index (χ4n) is 6.69. The van der Waals surface area contributed by atoms with Gasteiger partial charge < -0.3 is 4.74 Å². The van der Waals surface area contributed by atoms with E-state index in [0.717, 1.165) is 12.0 Å². The number of esters is 1. The van der Waals surface area contributed by atoms with E-state index in [4.69, 9.17) is 4.74 Å². The Bertz CT molecular complexity index is 1230. The van der Waals surface area contributed by atoms with Crippen molar-refractivity contribution >= 4 is 21.9 Å². The molecule has 3 aromatic carbocycles. The number of fused-ring (bicyclic) bond motifs is 5. The summed E-state index contributed by atoms with van der Waals surface area (Å²) in [5.41, 5.74) is 7.20. The Hall–Kier alpha value is -2.39. The zero-order chi connectivity index (χ0) is 22.6. The molecule has 0 aliphatic heterocycles. The molecule has 0 amide bonds. The summed E-state index contributed by atoms with van der Waals surface area (Å²) in [7, 11) is 0. The topological polar surface area (TPSA) is 26.3 Å². The molecule has 0 N–H and O–H groups in total. The Balaban J connectivity index is 1.46. The molecular formula is C30H29BrO2. The van der Waals surface area contributed by atoms with Crippen molar-refractivity contribution in [2.75, 3.05) is 0 Å². The molecule has 0 aromatic heterocycles. The van der Waals surface area contributed by atoms with Gasteiger partial charge in [0.25, 0.3) is 0 Å². The van der Waals surface area contributed by atoms with Gasteiger partial charge in [0.2, 0.25) is 0 Å². The average Bonchev–Trinajstić information content (AvgIpc) is 3.47. The van der Waals surface area contributed by atoms with E-state index < -0.39 is 5.41 Å². The van der Waals surface area contributed by atoms with Gasteiger partial charge in [-0.2, -0.15) is 0 Å². The molecule has 3 heteroatoms. The van der Waals surface area contributed by atoms with Gasteiger partial charge in [-0.25, -0.2) is 0 Å². The number of halogens is 1. The highest BCUT2D eigenvalue weighted by Gasteiger charge is 2.62. The summed E-state index contributed by atoms with van der Waals surface area (Å²) >= 11 is 3.91. The van der Waals surface area contributed by atoms with E-state index in [0.29, 0.717) is 6.61 Å². The van der Waals surface area contributed by atoms with Crippen molar-refractivity contribution in [3.05, 3.63) is 93.5 Å². The maximum atomic E-state index is 13.6. The molecule has 3 aliphatic rings. The first-order valence-corrected chi connectivity index (χ1v) is 13.0. The SMILES string of the molecule is C[C@@H]1CC1(C(=O)OCc1ccccc1)c1cccc2c1-c1cccc(Br)c1C21CCCCC1. The lowest BCUT2D eigenvalue weighted by molar-refractivity contribution is -0.148. The molecule has 2 atom stereocenters. The van der Waals surface area contributed by atoms with Gasteiger partial charge in [0.15, 0.2) is 0 Å². The third-order valence-electron chi connectivity index (χ3n) is 8.42. The van der Waals surface area contributed by atoms with Gasteiger partial charge in [-0.3, -0.25) is 4.79 Å². The number of benzene rings is 3. The number of hydrogen-bond acceptors (Lipinski definition) is 2. The monoisotopic (exact) mass is 500 g/mol. The molecule has 0 saturated heterocycles. The summed E-state index contributed by atoms with van der Waals surface area (Å²) in [4.78, 5) is 13.6. The summed E-state index contributed by atoms with van der Waals surface area (Å²) < 4.78 is 7.14. The Kier molecular flexibility index (Phi) is 5.03. The summed E-state index contributed by atoms with van der Waals surface area (Å²) in [6.45, 7) is 2.52. The van der Waals surface area contributed by atoms with Crippen LogP contribution in [0.15, 0.2) is 71.2 Å². The third kappa shape index (κ3) is 3.08. The highest BCUT2D eigenvalue weighted by molar-refractivity contribution is 9.10. The number of carbonyl (C=O) groups is 1. The van der Waals surface area contributed by atoms with Crippen LogP contribution in [0.25, 0.3) is 11.1 Å². The largest absolute Gasteiger partial charge is 0.460 e. The highest BCUT2D eigenvalue weighted by atomic mass is 79.9. The van der Waals surface area contributed by atoms with E-state index in [9.17, 15) is 4.79 Å². The lowest BCUT2D eigenvalue weighted by Crippen LogP contribution is -2.29. The number of hydrogen-bond donors (Lipinski definition) is 0. The van der Waals surface area contributed by atoms with E-state index >= 15 is 0 Å². The fraction of sp³-hybridized carbons (Fsp3) is 0.367. The van der Waals surface area contributed by atoms with Crippen LogP contribution < -0.4 is 0 Å². The van der Waals surface area contributed by atoms with E-state index in [2.05, 4.69) is 59.3 Å². The fourth-order valence-corrected chi connectivity index (χ4v) is 7.43. The number of carbonyl (C=O) groups excluding carboxylic acids is 1. The zero-order valence-corrected chi connectivity index (χ0v) is 20.7. The van der Waals surface area contributed by atoms with Crippen molar-refractivity contribution in [3.8, 4) is 11.1 Å². The zero-order valence-electron chi connectivity index (χ0n) is 19.1. The van der Waals surface area contributed by atoms with Crippen molar-refractivity contribution < 1.29 is 9.53 Å². The van der Waals surface area contributed by atoms with Crippen LogP contribution in [0.1, 0.15) is 67.7 Å². The van der Waals surface area contributed by atoms with Crippen LogP contribution in [0.5, 0.6) is 0 Å². The lowest BCUT2D eigenvalue weighted by atomic mass is 9.67. The molecule has 0 radical (unpaired) electrons. The van der Waals surface area contributed by atoms with E-state index in [1.165, 1.54) is 64.4 Å². The highest BCUT2D eigenvalue weighted by Crippen LogP contribution is 2.63. The van der Waals surface area contributed by atoms with Crippen LogP contribution in [0.4, 0.5) is 0 Å². The minimum atomic E-state index is -0.542. The van der Waals surface area contributed by atoms with Crippen LogP contribution in [0.2, 0.25) is 0 Å². The minimum Gasteiger partial charge on any atom is -0.460 e. The molecule has 1 unspecified atom stereocenters. The van der Waals surface area contributed by atoms with Gasteiger partial charge in [-0.1, -0.05) is 103 Å². The molecule has 0 heterocycles. The van der Waals surface area contributed by atoms with Crippen molar-refractivity contribution in [2.45, 2.75) is 62.9 Å². The Morgan fingerprint density at radius 3 is 2.36 bits per heavy atom. The van der Waals surface area contributed by atoms with Crippen LogP contribution in [-0.4, -0.2) is 5.97 Å². The number of ether oxygens (including phenoxy) is 1. The Morgan fingerprint density at radius 1 is 0.939 bits per heavy atom. The van der Waals surface area contributed by atoms with E-state index in [1.54, 1.807) is 0 Å². The summed E-state index contributed by atoms with van der Waals surface area (Å²) in [6, 6.07) is 23.3. The standard InChI is InChI=1S/C30H29BrO2/c1-20-18-30(20,28(32)33-19-21-10-4-2-5-11-21)24-14-9-13-23-26(24)22-12-8-15-25(31)27(22)29(23)16-6-3-7-17-29/h2,4-5,8-15,20H,3,6-7,16-19H2,1H3/t20-,30?/m1/s1. The van der Waals surface area contributed by atoms with Crippen LogP contribution >= 0.6 is 15.9 Å². The molecule has 2 nitrogen and oxygen atoms in total. The van der Waals surface area contributed by atoms with Gasteiger partial charge in [-0.15, -0.1) is 0 Å². The first-order valence-electron chi connectivity index (χ1n) is 12.2. The Morgan fingerprint density at radius 2 is 1.64 bits per heavy atom. The van der Waals surface area contributed by atoms with Gasteiger partial charge >= 0.3 is 5.97 Å². The second-order valence-electron chi connectivity index (χ2n) is 10.2. The molecule has 2 saturated carbocycles. The smallest absolute Gasteiger partial charge is 0.317 e. The molecule has 3 aromatic rings. The maximum Gasteiger partial charge on any atom is 0.317 e. The third-order valence-corrected chi connectivity index (χ3v) is 9.08. The van der Waals surface area contributed by atoms with Crippen molar-refractivity contribution in [2.24, 2.45) is 5.92 Å². The van der Waals surface area contributed by atoms with Crippen LogP contribution in [0.3, 0.4) is 0 Å². The molecular weight excluding hydrogens is 472 g/mol. The first kappa shape index (κ1) is 21.2. The second-order valence-corrected chi connectivity index (χ2v) is 11.0. The first-order chi connectivity index (χ1) is 16.1. The lowest BCUT2D eigenvalue weighted by Gasteiger charge is -2.36. The molecule has 0 bridgehead atoms. The van der Waals surface area contributed by atoms with Crippen molar-refractivity contribution in [1.29, 1.82) is 0 Å². The van der Waals surface area contributed by atoms with Crippen molar-refractivity contribution in [3.63, 3.8) is 0 Å². The molecule has 3 aliphatic carbocycles. The molecule has 2 fully saturated rings.